The van der Waals surface area contributed by atoms with E-state index < -0.39 is 17.6 Å². The molecule has 0 fully saturated rings. The van der Waals surface area contributed by atoms with Gasteiger partial charge in [-0.05, 0) is 48.4 Å². The molecule has 30 heavy (non-hydrogen) atoms. The van der Waals surface area contributed by atoms with Crippen LogP contribution >= 0.6 is 0 Å². The molecule has 0 spiro atoms. The van der Waals surface area contributed by atoms with E-state index in [-0.39, 0.29) is 6.42 Å². The molecule has 0 aliphatic carbocycles. The molecule has 0 saturated heterocycles. The Kier molecular flexibility index (Phi) is 5.03. The number of benzene rings is 2. The number of carbonyl (C=O) groups is 1. The maximum Gasteiger partial charge on any atom is 0.416 e. The monoisotopic (exact) mass is 409 g/mol. The highest BCUT2D eigenvalue weighted by molar-refractivity contribution is 5.93. The number of hydrogen-bond donors (Lipinski definition) is 1. The van der Waals surface area contributed by atoms with Crippen molar-refractivity contribution in [3.8, 4) is 11.3 Å². The Hall–Kier alpha value is -3.61. The molecule has 2 heterocycles. The van der Waals surface area contributed by atoms with Crippen LogP contribution in [0.3, 0.4) is 0 Å². The Bertz CT molecular complexity index is 1230. The van der Waals surface area contributed by atoms with Gasteiger partial charge in [-0.3, -0.25) is 4.79 Å². The van der Waals surface area contributed by atoms with Crippen molar-refractivity contribution in [3.05, 3.63) is 89.7 Å². The SMILES string of the molecule is Cc1ccn2cc(-c3cccc(NC(=O)Cc4cccc(C(F)(F)F)c4)c3)nc2c1. The maximum atomic E-state index is 12.8. The van der Waals surface area contributed by atoms with Crippen LogP contribution in [-0.2, 0) is 17.4 Å². The molecule has 0 saturated carbocycles. The fourth-order valence-electron chi connectivity index (χ4n) is 3.23. The lowest BCUT2D eigenvalue weighted by Gasteiger charge is -2.09. The predicted molar refractivity (Wildman–Crippen MR) is 109 cm³/mol. The summed E-state index contributed by atoms with van der Waals surface area (Å²) in [5.41, 5.74) is 3.60. The van der Waals surface area contributed by atoms with Gasteiger partial charge >= 0.3 is 6.18 Å². The number of halogens is 3. The lowest BCUT2D eigenvalue weighted by molar-refractivity contribution is -0.137. The molecule has 4 rings (SSSR count). The highest BCUT2D eigenvalue weighted by Gasteiger charge is 2.30. The van der Waals surface area contributed by atoms with Crippen molar-refractivity contribution in [2.75, 3.05) is 5.32 Å². The van der Waals surface area contributed by atoms with Crippen molar-refractivity contribution in [1.82, 2.24) is 9.38 Å². The average molecular weight is 409 g/mol. The van der Waals surface area contributed by atoms with Crippen LogP contribution in [0.1, 0.15) is 16.7 Å². The average Bonchev–Trinajstić information content (AvgIpc) is 3.11. The van der Waals surface area contributed by atoms with Crippen molar-refractivity contribution in [3.63, 3.8) is 0 Å². The summed E-state index contributed by atoms with van der Waals surface area (Å²) in [6.45, 7) is 1.99. The van der Waals surface area contributed by atoms with Crippen molar-refractivity contribution in [2.24, 2.45) is 0 Å². The molecule has 4 aromatic rings. The highest BCUT2D eigenvalue weighted by atomic mass is 19.4. The second-order valence-corrected chi connectivity index (χ2v) is 7.10. The van der Waals surface area contributed by atoms with Gasteiger partial charge in [-0.1, -0.05) is 30.3 Å². The summed E-state index contributed by atoms with van der Waals surface area (Å²) in [6, 6.07) is 16.0. The van der Waals surface area contributed by atoms with Gasteiger partial charge in [0, 0.05) is 23.6 Å². The number of amides is 1. The van der Waals surface area contributed by atoms with Crippen LogP contribution in [0.4, 0.5) is 18.9 Å². The first-order valence-corrected chi connectivity index (χ1v) is 9.30. The number of nitrogens with zero attached hydrogens (tertiary/aromatic N) is 2. The number of carbonyl (C=O) groups excluding carboxylic acids is 1. The van der Waals surface area contributed by atoms with Gasteiger partial charge in [-0.15, -0.1) is 0 Å². The summed E-state index contributed by atoms with van der Waals surface area (Å²) in [4.78, 5) is 17.0. The third-order valence-electron chi connectivity index (χ3n) is 4.68. The Morgan fingerprint density at radius 1 is 1.07 bits per heavy atom. The lowest BCUT2D eigenvalue weighted by Crippen LogP contribution is -2.15. The Balaban J connectivity index is 1.51. The van der Waals surface area contributed by atoms with Crippen molar-refractivity contribution < 1.29 is 18.0 Å². The number of pyridine rings is 1. The van der Waals surface area contributed by atoms with Crippen LogP contribution in [0.25, 0.3) is 16.9 Å². The second-order valence-electron chi connectivity index (χ2n) is 7.10. The van der Waals surface area contributed by atoms with Gasteiger partial charge in [-0.25, -0.2) is 4.98 Å². The molecule has 2 aromatic carbocycles. The zero-order valence-electron chi connectivity index (χ0n) is 16.1. The van der Waals surface area contributed by atoms with E-state index in [0.29, 0.717) is 11.3 Å². The summed E-state index contributed by atoms with van der Waals surface area (Å²) >= 11 is 0. The van der Waals surface area contributed by atoms with Gasteiger partial charge in [0.15, 0.2) is 0 Å². The van der Waals surface area contributed by atoms with E-state index >= 15 is 0 Å². The highest BCUT2D eigenvalue weighted by Crippen LogP contribution is 2.29. The molecule has 4 nitrogen and oxygen atoms in total. The molecule has 0 unspecified atom stereocenters. The van der Waals surface area contributed by atoms with Gasteiger partial charge in [-0.2, -0.15) is 13.2 Å². The van der Waals surface area contributed by atoms with Gasteiger partial charge in [0.1, 0.15) is 5.65 Å². The first kappa shape index (κ1) is 19.7. The molecule has 1 N–H and O–H groups in total. The molecule has 0 atom stereocenters. The molecule has 1 amide bonds. The fourth-order valence-corrected chi connectivity index (χ4v) is 3.23. The number of hydrogen-bond acceptors (Lipinski definition) is 2. The number of alkyl halides is 3. The predicted octanol–water partition coefficient (Wildman–Crippen LogP) is 5.51. The number of rotatable bonds is 4. The molecular formula is C23H18F3N3O. The van der Waals surface area contributed by atoms with Gasteiger partial charge in [0.05, 0.1) is 17.7 Å². The number of anilines is 1. The Morgan fingerprint density at radius 2 is 1.87 bits per heavy atom. The minimum Gasteiger partial charge on any atom is -0.326 e. The minimum atomic E-state index is -4.44. The van der Waals surface area contributed by atoms with E-state index in [1.54, 1.807) is 18.2 Å². The van der Waals surface area contributed by atoms with Crippen LogP contribution in [0.15, 0.2) is 73.1 Å². The summed E-state index contributed by atoms with van der Waals surface area (Å²) < 4.78 is 40.5. The van der Waals surface area contributed by atoms with Crippen LogP contribution < -0.4 is 5.32 Å². The fraction of sp³-hybridized carbons (Fsp3) is 0.130. The number of aryl methyl sites for hydroxylation is 1. The number of nitrogens with one attached hydrogen (secondary N) is 1. The van der Waals surface area contributed by atoms with Crippen LogP contribution in [-0.4, -0.2) is 15.3 Å². The van der Waals surface area contributed by atoms with E-state index in [2.05, 4.69) is 10.3 Å². The molecule has 0 radical (unpaired) electrons. The first-order valence-electron chi connectivity index (χ1n) is 9.30. The zero-order chi connectivity index (χ0) is 21.3. The molecule has 152 valence electrons. The topological polar surface area (TPSA) is 46.4 Å². The quantitative estimate of drug-likeness (QED) is 0.483. The van der Waals surface area contributed by atoms with E-state index in [0.717, 1.165) is 34.6 Å². The molecule has 0 aliphatic rings. The normalized spacial score (nSPS) is 11.6. The zero-order valence-corrected chi connectivity index (χ0v) is 16.1. The molecule has 2 aromatic heterocycles. The Morgan fingerprint density at radius 3 is 2.67 bits per heavy atom. The van der Waals surface area contributed by atoms with Gasteiger partial charge in [0.25, 0.3) is 0 Å². The second kappa shape index (κ2) is 7.67. The minimum absolute atomic E-state index is 0.151. The van der Waals surface area contributed by atoms with Crippen LogP contribution in [0.5, 0.6) is 0 Å². The molecular weight excluding hydrogens is 391 g/mol. The van der Waals surface area contributed by atoms with Gasteiger partial charge in [0.2, 0.25) is 5.91 Å². The van der Waals surface area contributed by atoms with Crippen molar-refractivity contribution in [2.45, 2.75) is 19.5 Å². The molecule has 0 aliphatic heterocycles. The molecule has 0 bridgehead atoms. The third kappa shape index (κ3) is 4.35. The summed E-state index contributed by atoms with van der Waals surface area (Å²) in [6.07, 6.45) is -0.755. The third-order valence-corrected chi connectivity index (χ3v) is 4.68. The maximum absolute atomic E-state index is 12.8. The lowest BCUT2D eigenvalue weighted by atomic mass is 10.1. The van der Waals surface area contributed by atoms with E-state index in [4.69, 9.17) is 0 Å². The van der Waals surface area contributed by atoms with Crippen LogP contribution in [0.2, 0.25) is 0 Å². The summed E-state index contributed by atoms with van der Waals surface area (Å²) in [7, 11) is 0. The largest absolute Gasteiger partial charge is 0.416 e. The van der Waals surface area contributed by atoms with E-state index in [1.807, 2.05) is 41.9 Å². The van der Waals surface area contributed by atoms with Crippen molar-refractivity contribution >= 4 is 17.2 Å². The summed E-state index contributed by atoms with van der Waals surface area (Å²) in [5, 5.41) is 2.75. The smallest absolute Gasteiger partial charge is 0.326 e. The molecule has 7 heteroatoms. The first-order chi connectivity index (χ1) is 14.3. The summed E-state index contributed by atoms with van der Waals surface area (Å²) in [5.74, 6) is -0.392. The van der Waals surface area contributed by atoms with E-state index in [9.17, 15) is 18.0 Å². The Labute approximate surface area is 171 Å². The van der Waals surface area contributed by atoms with E-state index in [1.165, 1.54) is 12.1 Å². The number of fused-ring (bicyclic) bond motifs is 1. The standard InChI is InChI=1S/C23H18F3N3O/c1-15-8-9-29-14-20(28-21(29)10-15)17-5-3-7-19(13-17)27-22(30)12-16-4-2-6-18(11-16)23(24,25)26/h2-11,13-14H,12H2,1H3,(H,27,30). The van der Waals surface area contributed by atoms with Crippen LogP contribution in [0, 0.1) is 6.92 Å². The van der Waals surface area contributed by atoms with Crippen molar-refractivity contribution in [1.29, 1.82) is 0 Å². The number of aromatic nitrogens is 2. The number of imidazole rings is 1. The van der Waals surface area contributed by atoms with Gasteiger partial charge < -0.3 is 9.72 Å².